The molecule has 1 aliphatic rings. The molecule has 3 aromatic rings. The number of hydrogen-bond acceptors (Lipinski definition) is 6. The summed E-state index contributed by atoms with van der Waals surface area (Å²) in [5.41, 5.74) is 2.24. The number of anilines is 2. The molecule has 0 amide bonds. The minimum atomic E-state index is 0.996. The highest BCUT2D eigenvalue weighted by Crippen LogP contribution is 2.24. The van der Waals surface area contributed by atoms with Crippen molar-refractivity contribution in [2.75, 3.05) is 36.0 Å². The largest absolute Gasteiger partial charge is 0.368 e. The lowest BCUT2D eigenvalue weighted by atomic mass is 10.2. The van der Waals surface area contributed by atoms with E-state index in [1.54, 1.807) is 17.7 Å². The molecule has 1 saturated heterocycles. The maximum atomic E-state index is 4.39. The van der Waals surface area contributed by atoms with Gasteiger partial charge in [0.1, 0.15) is 6.33 Å². The Labute approximate surface area is 126 Å². The van der Waals surface area contributed by atoms with Gasteiger partial charge in [-0.05, 0) is 18.2 Å². The number of nitrogens with zero attached hydrogens (tertiary/aromatic N) is 5. The zero-order valence-corrected chi connectivity index (χ0v) is 12.3. The number of thiazole rings is 1. The molecule has 1 fully saturated rings. The Hall–Kier alpha value is -2.21. The molecule has 2 aromatic heterocycles. The summed E-state index contributed by atoms with van der Waals surface area (Å²) < 4.78 is 0. The lowest BCUT2D eigenvalue weighted by Crippen LogP contribution is -2.46. The second-order valence-corrected chi connectivity index (χ2v) is 5.93. The van der Waals surface area contributed by atoms with Gasteiger partial charge in [-0.1, -0.05) is 0 Å². The Morgan fingerprint density at radius 2 is 1.86 bits per heavy atom. The number of benzene rings is 1. The first kappa shape index (κ1) is 12.5. The van der Waals surface area contributed by atoms with E-state index in [9.17, 15) is 0 Å². The van der Waals surface area contributed by atoms with Gasteiger partial charge in [-0.15, -0.1) is 11.3 Å². The molecule has 4 rings (SSSR count). The predicted molar refractivity (Wildman–Crippen MR) is 86.1 cm³/mol. The van der Waals surface area contributed by atoms with Crippen molar-refractivity contribution in [3.8, 4) is 0 Å². The molecule has 3 heterocycles. The van der Waals surface area contributed by atoms with Crippen LogP contribution in [0.3, 0.4) is 0 Å². The van der Waals surface area contributed by atoms with Crippen molar-refractivity contribution in [1.82, 2.24) is 15.0 Å². The van der Waals surface area contributed by atoms with E-state index in [0.717, 1.165) is 42.2 Å². The fraction of sp³-hybridized carbons (Fsp3) is 0.267. The first-order valence-electron chi connectivity index (χ1n) is 6.99. The van der Waals surface area contributed by atoms with E-state index in [4.69, 9.17) is 0 Å². The van der Waals surface area contributed by atoms with Crippen molar-refractivity contribution >= 4 is 33.1 Å². The number of fused-ring (bicyclic) bond motifs is 1. The summed E-state index contributed by atoms with van der Waals surface area (Å²) in [6.45, 7) is 4.05. The Morgan fingerprint density at radius 1 is 1.00 bits per heavy atom. The van der Waals surface area contributed by atoms with Crippen LogP contribution in [0.2, 0.25) is 0 Å². The van der Waals surface area contributed by atoms with Crippen LogP contribution in [0.15, 0.2) is 42.3 Å². The molecule has 0 atom stereocenters. The van der Waals surface area contributed by atoms with Gasteiger partial charge in [-0.2, -0.15) is 0 Å². The standard InChI is InChI=1S/C15H15N5S/c1-2-14-12(10-16-11-18-14)9-13(1)19-4-6-20(7-5-19)15-17-3-8-21-15/h1-3,8-11H,4-7H2. The minimum absolute atomic E-state index is 0.996. The van der Waals surface area contributed by atoms with E-state index in [1.807, 2.05) is 17.8 Å². The highest BCUT2D eigenvalue weighted by Gasteiger charge is 2.19. The molecule has 1 aromatic carbocycles. The van der Waals surface area contributed by atoms with E-state index < -0.39 is 0 Å². The summed E-state index contributed by atoms with van der Waals surface area (Å²) in [4.78, 5) is 17.5. The molecule has 0 spiro atoms. The summed E-state index contributed by atoms with van der Waals surface area (Å²) in [6.07, 6.45) is 5.34. The summed E-state index contributed by atoms with van der Waals surface area (Å²) in [5.74, 6) is 0. The Morgan fingerprint density at radius 3 is 2.67 bits per heavy atom. The molecule has 5 nitrogen and oxygen atoms in total. The van der Waals surface area contributed by atoms with Crippen molar-refractivity contribution in [2.24, 2.45) is 0 Å². The molecule has 106 valence electrons. The van der Waals surface area contributed by atoms with E-state index in [-0.39, 0.29) is 0 Å². The first-order chi connectivity index (χ1) is 10.4. The third-order valence-electron chi connectivity index (χ3n) is 3.82. The zero-order valence-electron chi connectivity index (χ0n) is 11.5. The van der Waals surface area contributed by atoms with E-state index >= 15 is 0 Å². The SMILES string of the molecule is c1csc(N2CCN(c3ccc4ncncc4c3)CC2)n1. The normalized spacial score (nSPS) is 15.6. The molecular weight excluding hydrogens is 282 g/mol. The molecule has 0 saturated carbocycles. The van der Waals surface area contributed by atoms with Gasteiger partial charge in [0.05, 0.1) is 5.52 Å². The van der Waals surface area contributed by atoms with Crippen molar-refractivity contribution in [3.63, 3.8) is 0 Å². The molecule has 6 heteroatoms. The molecule has 0 unspecified atom stereocenters. The number of hydrogen-bond donors (Lipinski definition) is 0. The highest BCUT2D eigenvalue weighted by molar-refractivity contribution is 7.13. The Bertz CT molecular complexity index is 735. The van der Waals surface area contributed by atoms with Crippen LogP contribution in [-0.4, -0.2) is 41.1 Å². The van der Waals surface area contributed by atoms with Crippen LogP contribution < -0.4 is 9.80 Å². The average Bonchev–Trinajstić information content (AvgIpc) is 3.09. The summed E-state index contributed by atoms with van der Waals surface area (Å²) in [6, 6.07) is 6.39. The number of aromatic nitrogens is 3. The summed E-state index contributed by atoms with van der Waals surface area (Å²) in [5, 5.41) is 4.25. The molecule has 21 heavy (non-hydrogen) atoms. The third kappa shape index (κ3) is 2.42. The molecule has 0 radical (unpaired) electrons. The van der Waals surface area contributed by atoms with Crippen molar-refractivity contribution < 1.29 is 0 Å². The van der Waals surface area contributed by atoms with Crippen LogP contribution in [0.4, 0.5) is 10.8 Å². The fourth-order valence-corrected chi connectivity index (χ4v) is 3.39. The highest BCUT2D eigenvalue weighted by atomic mass is 32.1. The molecule has 0 N–H and O–H groups in total. The van der Waals surface area contributed by atoms with E-state index in [0.29, 0.717) is 0 Å². The molecule has 0 bridgehead atoms. The van der Waals surface area contributed by atoms with Gasteiger partial charge < -0.3 is 9.80 Å². The second-order valence-electron chi connectivity index (χ2n) is 5.05. The van der Waals surface area contributed by atoms with Crippen LogP contribution in [0, 0.1) is 0 Å². The number of piperazine rings is 1. The van der Waals surface area contributed by atoms with Crippen LogP contribution in [0.5, 0.6) is 0 Å². The summed E-state index contributed by atoms with van der Waals surface area (Å²) in [7, 11) is 0. The maximum Gasteiger partial charge on any atom is 0.185 e. The van der Waals surface area contributed by atoms with Crippen LogP contribution in [-0.2, 0) is 0 Å². The quantitative estimate of drug-likeness (QED) is 0.727. The number of rotatable bonds is 2. The lowest BCUT2D eigenvalue weighted by Gasteiger charge is -2.36. The Balaban J connectivity index is 1.52. The Kier molecular flexibility index (Phi) is 3.16. The molecular formula is C15H15N5S. The first-order valence-corrected chi connectivity index (χ1v) is 7.87. The van der Waals surface area contributed by atoms with Crippen LogP contribution in [0.1, 0.15) is 0 Å². The minimum Gasteiger partial charge on any atom is -0.368 e. The molecule has 1 aliphatic heterocycles. The van der Waals surface area contributed by atoms with Crippen LogP contribution >= 0.6 is 11.3 Å². The topological polar surface area (TPSA) is 45.2 Å². The van der Waals surface area contributed by atoms with E-state index in [2.05, 4.69) is 43.0 Å². The lowest BCUT2D eigenvalue weighted by molar-refractivity contribution is 0.652. The average molecular weight is 297 g/mol. The monoisotopic (exact) mass is 297 g/mol. The van der Waals surface area contributed by atoms with Crippen molar-refractivity contribution in [2.45, 2.75) is 0 Å². The maximum absolute atomic E-state index is 4.39. The molecule has 0 aliphatic carbocycles. The predicted octanol–water partition coefficient (Wildman–Crippen LogP) is 2.41. The van der Waals surface area contributed by atoms with Crippen LogP contribution in [0.25, 0.3) is 10.9 Å². The zero-order chi connectivity index (χ0) is 14.1. The van der Waals surface area contributed by atoms with Gasteiger partial charge in [-0.25, -0.2) is 15.0 Å². The van der Waals surface area contributed by atoms with Gasteiger partial charge in [0.25, 0.3) is 0 Å². The van der Waals surface area contributed by atoms with Gasteiger partial charge in [0.2, 0.25) is 0 Å². The van der Waals surface area contributed by atoms with Gasteiger partial charge in [0, 0.05) is 55.0 Å². The van der Waals surface area contributed by atoms with E-state index in [1.165, 1.54) is 5.69 Å². The van der Waals surface area contributed by atoms with Crippen molar-refractivity contribution in [1.29, 1.82) is 0 Å². The smallest absolute Gasteiger partial charge is 0.185 e. The fourth-order valence-electron chi connectivity index (χ4n) is 2.70. The second kappa shape index (κ2) is 5.29. The van der Waals surface area contributed by atoms with Crippen molar-refractivity contribution in [3.05, 3.63) is 42.3 Å². The van der Waals surface area contributed by atoms with Gasteiger partial charge in [-0.3, -0.25) is 0 Å². The summed E-state index contributed by atoms with van der Waals surface area (Å²) >= 11 is 1.71. The third-order valence-corrected chi connectivity index (χ3v) is 4.66. The van der Waals surface area contributed by atoms with Gasteiger partial charge >= 0.3 is 0 Å². The van der Waals surface area contributed by atoms with Gasteiger partial charge in [0.15, 0.2) is 5.13 Å².